The fourth-order valence-electron chi connectivity index (χ4n) is 5.19. The van der Waals surface area contributed by atoms with E-state index in [-0.39, 0.29) is 30.6 Å². The van der Waals surface area contributed by atoms with Gasteiger partial charge >= 0.3 is 0 Å². The molecule has 0 aliphatic rings. The smallest absolute Gasteiger partial charge is 0.264 e. The van der Waals surface area contributed by atoms with Crippen molar-refractivity contribution in [2.75, 3.05) is 34.7 Å². The number of halogens is 1. The molecule has 5 aromatic rings. The molecule has 0 unspecified atom stereocenters. The highest BCUT2D eigenvalue weighted by molar-refractivity contribution is 7.95. The number of rotatable bonds is 12. The van der Waals surface area contributed by atoms with Crippen molar-refractivity contribution in [1.29, 1.82) is 0 Å². The first-order valence-electron chi connectivity index (χ1n) is 16.5. The van der Waals surface area contributed by atoms with Crippen LogP contribution in [0.25, 0.3) is 0 Å². The SMILES string of the molecule is CC.CC.COc1ccc(OC)c(COS(C)(=O)=O)c1.COc1ccc(OC)c(C[P+](c2ccccc2)(c2ccccc2)c2ccccc2)c1.[I-]. The number of hydrogen-bond acceptors (Lipinski definition) is 7. The van der Waals surface area contributed by atoms with E-state index >= 15 is 0 Å². The van der Waals surface area contributed by atoms with Crippen molar-refractivity contribution in [3.63, 3.8) is 0 Å². The summed E-state index contributed by atoms with van der Waals surface area (Å²) in [5.74, 6) is 2.92. The molecule has 0 atom stereocenters. The maximum absolute atomic E-state index is 10.9. The van der Waals surface area contributed by atoms with Crippen LogP contribution in [0.2, 0.25) is 0 Å². The fraction of sp³-hybridized carbons (Fsp3) is 0.268. The van der Waals surface area contributed by atoms with Crippen LogP contribution in [-0.2, 0) is 27.1 Å². The summed E-state index contributed by atoms with van der Waals surface area (Å²) in [4.78, 5) is 0. The molecule has 7 nitrogen and oxygen atoms in total. The van der Waals surface area contributed by atoms with Gasteiger partial charge in [-0.1, -0.05) is 82.3 Å². The van der Waals surface area contributed by atoms with Crippen molar-refractivity contribution < 1.29 is 55.5 Å². The molecule has 0 saturated carbocycles. The van der Waals surface area contributed by atoms with Gasteiger partial charge in [0.05, 0.1) is 41.3 Å². The second-order valence-electron chi connectivity index (χ2n) is 10.3. The number of hydrogen-bond donors (Lipinski definition) is 0. The van der Waals surface area contributed by atoms with E-state index in [1.807, 2.05) is 39.8 Å². The van der Waals surface area contributed by atoms with Crippen molar-refractivity contribution >= 4 is 33.3 Å². The molecular weight excluding hydrogens is 794 g/mol. The predicted molar refractivity (Wildman–Crippen MR) is 210 cm³/mol. The Kier molecular flexibility index (Phi) is 21.2. The summed E-state index contributed by atoms with van der Waals surface area (Å²) in [6.45, 7) is 7.93. The lowest BCUT2D eigenvalue weighted by atomic mass is 10.2. The molecule has 0 saturated heterocycles. The van der Waals surface area contributed by atoms with Crippen LogP contribution in [0.5, 0.6) is 23.0 Å². The largest absolute Gasteiger partial charge is 1.00 e. The average molecular weight is 847 g/mol. The highest BCUT2D eigenvalue weighted by atomic mass is 127. The second-order valence-corrected chi connectivity index (χ2v) is 15.4. The third-order valence-electron chi connectivity index (χ3n) is 7.40. The summed E-state index contributed by atoms with van der Waals surface area (Å²) in [6, 6.07) is 43.8. The summed E-state index contributed by atoms with van der Waals surface area (Å²) < 4.78 is 47.8. The van der Waals surface area contributed by atoms with Crippen LogP contribution >= 0.6 is 7.26 Å². The van der Waals surface area contributed by atoms with Gasteiger partial charge in [0.2, 0.25) is 0 Å². The van der Waals surface area contributed by atoms with Crippen molar-refractivity contribution in [3.8, 4) is 23.0 Å². The topological polar surface area (TPSA) is 80.3 Å². The molecule has 0 aromatic heterocycles. The quantitative estimate of drug-likeness (QED) is 0.0942. The minimum atomic E-state index is -3.46. The van der Waals surface area contributed by atoms with Crippen LogP contribution in [0.15, 0.2) is 127 Å². The molecule has 0 aliphatic carbocycles. The summed E-state index contributed by atoms with van der Waals surface area (Å²) >= 11 is 0. The van der Waals surface area contributed by atoms with Crippen LogP contribution in [0.4, 0.5) is 0 Å². The normalized spacial score (nSPS) is 10.3. The first kappa shape index (κ1) is 45.4. The van der Waals surface area contributed by atoms with Crippen LogP contribution in [0.1, 0.15) is 38.8 Å². The number of ether oxygens (including phenoxy) is 4. The minimum absolute atomic E-state index is 0. The van der Waals surface area contributed by atoms with Gasteiger partial charge in [-0.2, -0.15) is 8.42 Å². The molecule has 0 fully saturated rings. The first-order chi connectivity index (χ1) is 24.2. The van der Waals surface area contributed by atoms with Gasteiger partial charge in [-0.3, -0.25) is 4.18 Å². The molecule has 5 aromatic carbocycles. The Balaban J connectivity index is 0.000000528. The van der Waals surface area contributed by atoms with E-state index in [1.165, 1.54) is 30.1 Å². The third-order valence-corrected chi connectivity index (χ3v) is 12.3. The van der Waals surface area contributed by atoms with Crippen LogP contribution < -0.4 is 58.8 Å². The zero-order valence-electron chi connectivity index (χ0n) is 31.1. The molecule has 0 amide bonds. The van der Waals surface area contributed by atoms with Crippen LogP contribution in [0.3, 0.4) is 0 Å². The lowest BCUT2D eigenvalue weighted by molar-refractivity contribution is -0.0000152. The Morgan fingerprint density at radius 3 is 1.20 bits per heavy atom. The molecule has 5 rings (SSSR count). The van der Waals surface area contributed by atoms with E-state index in [2.05, 4.69) is 97.1 Å². The molecule has 0 aliphatic heterocycles. The summed E-state index contributed by atoms with van der Waals surface area (Å²) in [5, 5.41) is 4.06. The van der Waals surface area contributed by atoms with Gasteiger partial charge in [-0.05, 0) is 72.8 Å². The number of methoxy groups -OCH3 is 4. The Bertz CT molecular complexity index is 1690. The fourth-order valence-corrected chi connectivity index (χ4v) is 9.78. The molecule has 51 heavy (non-hydrogen) atoms. The zero-order chi connectivity index (χ0) is 37.0. The van der Waals surface area contributed by atoms with Gasteiger partial charge < -0.3 is 42.9 Å². The van der Waals surface area contributed by atoms with Crippen molar-refractivity contribution in [2.24, 2.45) is 0 Å². The van der Waals surface area contributed by atoms with E-state index in [0.29, 0.717) is 17.1 Å². The van der Waals surface area contributed by atoms with Gasteiger partial charge in [-0.25, -0.2) is 0 Å². The van der Waals surface area contributed by atoms with E-state index in [1.54, 1.807) is 32.4 Å². The monoisotopic (exact) mass is 846 g/mol. The highest BCUT2D eigenvalue weighted by Crippen LogP contribution is 2.59. The van der Waals surface area contributed by atoms with E-state index in [0.717, 1.165) is 29.5 Å². The lowest BCUT2D eigenvalue weighted by Crippen LogP contribution is -3.00. The van der Waals surface area contributed by atoms with Gasteiger partial charge in [0.15, 0.2) is 0 Å². The van der Waals surface area contributed by atoms with E-state index < -0.39 is 17.4 Å². The molecular formula is C41H52IO7PS. The molecule has 0 bridgehead atoms. The third kappa shape index (κ3) is 13.1. The summed E-state index contributed by atoms with van der Waals surface area (Å²) in [6.07, 6.45) is 1.85. The van der Waals surface area contributed by atoms with Gasteiger partial charge in [-0.15, -0.1) is 0 Å². The van der Waals surface area contributed by atoms with Gasteiger partial charge in [0.25, 0.3) is 10.1 Å². The minimum Gasteiger partial charge on any atom is -1.00 e. The Morgan fingerprint density at radius 2 is 0.863 bits per heavy atom. The van der Waals surface area contributed by atoms with Crippen LogP contribution in [0, 0.1) is 0 Å². The standard InChI is InChI=1S/C27H26O2P.C10H14O5S.2C2H6.HI/c1-28-23-18-19-27(29-2)22(20-23)21-30(24-12-6-3-7-13-24,25-14-8-4-9-15-25)26-16-10-5-11-17-26;1-13-9-4-5-10(14-2)8(6-9)7-15-16(3,11)12;2*1-2;/h3-20H,21H2,1-2H3;4-6H,7H2,1-3H3;2*1-2H3;1H/q+1;;;;/p-1. The lowest BCUT2D eigenvalue weighted by Gasteiger charge is -2.28. The van der Waals surface area contributed by atoms with E-state index in [4.69, 9.17) is 23.1 Å². The molecule has 276 valence electrons. The maximum Gasteiger partial charge on any atom is 0.264 e. The summed E-state index contributed by atoms with van der Waals surface area (Å²) in [5.41, 5.74) is 1.77. The Labute approximate surface area is 323 Å². The Hall–Kier alpha value is -3.63. The summed E-state index contributed by atoms with van der Waals surface area (Å²) in [7, 11) is 1.04. The van der Waals surface area contributed by atoms with Crippen molar-refractivity contribution in [1.82, 2.24) is 0 Å². The zero-order valence-corrected chi connectivity index (χ0v) is 35.0. The van der Waals surface area contributed by atoms with Crippen LogP contribution in [-0.4, -0.2) is 43.1 Å². The second kappa shape index (κ2) is 23.8. The Morgan fingerprint density at radius 1 is 0.510 bits per heavy atom. The predicted octanol–water partition coefficient (Wildman–Crippen LogP) is 5.43. The molecule has 0 spiro atoms. The first-order valence-corrected chi connectivity index (χ1v) is 20.3. The molecule has 0 heterocycles. The molecule has 0 N–H and O–H groups in total. The van der Waals surface area contributed by atoms with E-state index in [9.17, 15) is 8.42 Å². The maximum atomic E-state index is 10.9. The molecule has 0 radical (unpaired) electrons. The van der Waals surface area contributed by atoms with Gasteiger partial charge in [0, 0.05) is 11.1 Å². The molecule has 10 heteroatoms. The van der Waals surface area contributed by atoms with Gasteiger partial charge in [0.1, 0.15) is 52.3 Å². The number of benzene rings is 5. The highest BCUT2D eigenvalue weighted by Gasteiger charge is 2.46. The average Bonchev–Trinajstić information content (AvgIpc) is 3.18. The van der Waals surface area contributed by atoms with Crippen molar-refractivity contribution in [2.45, 2.75) is 40.5 Å². The van der Waals surface area contributed by atoms with Crippen molar-refractivity contribution in [3.05, 3.63) is 139 Å².